The van der Waals surface area contributed by atoms with Crippen LogP contribution in [0.25, 0.3) is 0 Å². The zero-order valence-corrected chi connectivity index (χ0v) is 16.1. The summed E-state index contributed by atoms with van der Waals surface area (Å²) in [6.45, 7) is 11.3. The summed E-state index contributed by atoms with van der Waals surface area (Å²) < 4.78 is 7.74. The van der Waals surface area contributed by atoms with Crippen molar-refractivity contribution in [2.75, 3.05) is 13.2 Å². The van der Waals surface area contributed by atoms with Crippen molar-refractivity contribution in [3.05, 3.63) is 15.9 Å². The average Bonchev–Trinajstić information content (AvgIpc) is 3.09. The number of carbonyl (C=O) groups is 1. The number of nitrogens with one attached hydrogen (secondary N) is 1. The molecule has 0 saturated carbocycles. The Bertz CT molecular complexity index is 634. The number of nitrogens with zero attached hydrogens (tertiary/aromatic N) is 2. The van der Waals surface area contributed by atoms with Crippen LogP contribution in [0, 0.1) is 0 Å². The Labute approximate surface area is 147 Å². The molecule has 6 nitrogen and oxygen atoms in total. The van der Waals surface area contributed by atoms with E-state index < -0.39 is 11.6 Å². The Morgan fingerprint density at radius 2 is 2.17 bits per heavy atom. The normalized spacial score (nSPS) is 19.8. The van der Waals surface area contributed by atoms with Crippen molar-refractivity contribution in [3.63, 3.8) is 0 Å². The molecular weight excluding hydrogens is 326 g/mol. The number of rotatable bonds is 4. The molecule has 0 bridgehead atoms. The Morgan fingerprint density at radius 1 is 1.46 bits per heavy atom. The highest BCUT2D eigenvalue weighted by Gasteiger charge is 2.22. The zero-order chi connectivity index (χ0) is 18.0. The van der Waals surface area contributed by atoms with Crippen LogP contribution in [0.5, 0.6) is 0 Å². The fourth-order valence-electron chi connectivity index (χ4n) is 2.40. The van der Waals surface area contributed by atoms with Gasteiger partial charge in [0.15, 0.2) is 4.80 Å². The van der Waals surface area contributed by atoms with Gasteiger partial charge in [0.25, 0.3) is 0 Å². The summed E-state index contributed by atoms with van der Waals surface area (Å²) in [5.74, 6) is 0. The van der Waals surface area contributed by atoms with Crippen LogP contribution < -0.4 is 10.1 Å². The van der Waals surface area contributed by atoms with Gasteiger partial charge >= 0.3 is 6.03 Å². The third kappa shape index (κ3) is 5.16. The van der Waals surface area contributed by atoms with E-state index in [1.165, 1.54) is 16.2 Å². The molecule has 24 heavy (non-hydrogen) atoms. The van der Waals surface area contributed by atoms with Gasteiger partial charge in [0.05, 0.1) is 24.8 Å². The van der Waals surface area contributed by atoms with Crippen molar-refractivity contribution >= 4 is 17.4 Å². The summed E-state index contributed by atoms with van der Waals surface area (Å²) in [5, 5.41) is 12.0. The van der Waals surface area contributed by atoms with Crippen LogP contribution in [0.2, 0.25) is 0 Å². The Morgan fingerprint density at radius 3 is 2.71 bits per heavy atom. The largest absolute Gasteiger partial charge is 0.394 e. The second kappa shape index (κ2) is 7.37. The molecule has 1 saturated heterocycles. The second-order valence-corrected chi connectivity index (χ2v) is 9.01. The predicted octanol–water partition coefficient (Wildman–Crippen LogP) is 2.41. The molecule has 2 heterocycles. The number of aliphatic hydroxyl groups is 1. The van der Waals surface area contributed by atoms with E-state index >= 15 is 0 Å². The molecule has 1 aliphatic heterocycles. The highest BCUT2D eigenvalue weighted by molar-refractivity contribution is 7.09. The zero-order valence-electron chi connectivity index (χ0n) is 15.3. The Balaban J connectivity index is 2.29. The topological polar surface area (TPSA) is 75.9 Å². The molecule has 1 aromatic heterocycles. The molecule has 2 amide bonds. The number of aromatic nitrogens is 1. The maximum atomic E-state index is 12.2. The van der Waals surface area contributed by atoms with Gasteiger partial charge in [0.1, 0.15) is 0 Å². The Kier molecular flexibility index (Phi) is 5.88. The van der Waals surface area contributed by atoms with E-state index in [2.05, 4.69) is 37.3 Å². The first-order chi connectivity index (χ1) is 11.1. The molecule has 1 atom stereocenters. The number of hydrogen-bond donors (Lipinski definition) is 2. The molecule has 136 valence electrons. The molecule has 0 spiro atoms. The van der Waals surface area contributed by atoms with Crippen LogP contribution in [0.4, 0.5) is 4.79 Å². The van der Waals surface area contributed by atoms with Crippen LogP contribution >= 0.6 is 11.3 Å². The lowest BCUT2D eigenvalue weighted by Crippen LogP contribution is -2.45. The van der Waals surface area contributed by atoms with E-state index in [0.717, 1.165) is 19.4 Å². The number of urea groups is 1. The predicted molar refractivity (Wildman–Crippen MR) is 95.2 cm³/mol. The lowest BCUT2D eigenvalue weighted by atomic mass is 9.95. The molecule has 2 N–H and O–H groups in total. The molecule has 0 aliphatic carbocycles. The molecule has 2 rings (SSSR count). The number of amides is 2. The fraction of sp³-hybridized carbons (Fsp3) is 0.765. The van der Waals surface area contributed by atoms with E-state index in [1.54, 1.807) is 13.8 Å². The van der Waals surface area contributed by atoms with Gasteiger partial charge in [-0.05, 0) is 32.1 Å². The fourth-order valence-corrected chi connectivity index (χ4v) is 3.45. The van der Waals surface area contributed by atoms with E-state index in [1.807, 2.05) is 4.57 Å². The highest BCUT2D eigenvalue weighted by Crippen LogP contribution is 2.25. The van der Waals surface area contributed by atoms with Crippen molar-refractivity contribution in [3.8, 4) is 0 Å². The van der Waals surface area contributed by atoms with E-state index in [0.29, 0.717) is 11.3 Å². The van der Waals surface area contributed by atoms with Gasteiger partial charge in [0, 0.05) is 17.7 Å². The van der Waals surface area contributed by atoms with Crippen molar-refractivity contribution in [1.82, 2.24) is 9.88 Å². The molecular formula is C17H29N3O3S. The van der Waals surface area contributed by atoms with Crippen LogP contribution in [-0.2, 0) is 16.7 Å². The third-order valence-electron chi connectivity index (χ3n) is 3.92. The van der Waals surface area contributed by atoms with Gasteiger partial charge in [0.2, 0.25) is 0 Å². The van der Waals surface area contributed by atoms with Crippen LogP contribution in [0.3, 0.4) is 0 Å². The lowest BCUT2D eigenvalue weighted by Gasteiger charge is -2.21. The van der Waals surface area contributed by atoms with Crippen molar-refractivity contribution < 1.29 is 14.6 Å². The third-order valence-corrected chi connectivity index (χ3v) is 5.37. The molecule has 1 fully saturated rings. The SMILES string of the molecule is CC(C)(CO)NC(=O)N=c1sc(C(C)(C)C)cn1C[C@H]1CCCO1. The summed E-state index contributed by atoms with van der Waals surface area (Å²) in [6.07, 6.45) is 4.38. The summed E-state index contributed by atoms with van der Waals surface area (Å²) in [6, 6.07) is -0.433. The number of hydrogen-bond acceptors (Lipinski definition) is 4. The molecule has 7 heteroatoms. The summed E-state index contributed by atoms with van der Waals surface area (Å²) in [4.78, 5) is 18.3. The van der Waals surface area contributed by atoms with Crippen molar-refractivity contribution in [1.29, 1.82) is 0 Å². The van der Waals surface area contributed by atoms with Gasteiger partial charge in [-0.15, -0.1) is 11.3 Å². The van der Waals surface area contributed by atoms with E-state index in [-0.39, 0.29) is 18.1 Å². The number of ether oxygens (including phenoxy) is 1. The first-order valence-electron chi connectivity index (χ1n) is 8.41. The van der Waals surface area contributed by atoms with Crippen LogP contribution in [0.15, 0.2) is 11.2 Å². The van der Waals surface area contributed by atoms with Gasteiger partial charge in [-0.2, -0.15) is 4.99 Å². The molecule has 0 radical (unpaired) electrons. The van der Waals surface area contributed by atoms with Gasteiger partial charge in [-0.3, -0.25) is 0 Å². The van der Waals surface area contributed by atoms with Crippen LogP contribution in [-0.4, -0.2) is 40.6 Å². The highest BCUT2D eigenvalue weighted by atomic mass is 32.1. The maximum Gasteiger partial charge on any atom is 0.344 e. The second-order valence-electron chi connectivity index (χ2n) is 8.00. The molecule has 0 unspecified atom stereocenters. The number of aliphatic hydroxyl groups excluding tert-OH is 1. The summed E-state index contributed by atoms with van der Waals surface area (Å²) in [7, 11) is 0. The van der Waals surface area contributed by atoms with E-state index in [4.69, 9.17) is 4.74 Å². The average molecular weight is 356 g/mol. The van der Waals surface area contributed by atoms with E-state index in [9.17, 15) is 9.90 Å². The summed E-state index contributed by atoms with van der Waals surface area (Å²) in [5.41, 5.74) is -0.693. The van der Waals surface area contributed by atoms with Gasteiger partial charge in [-0.25, -0.2) is 4.79 Å². The minimum Gasteiger partial charge on any atom is -0.394 e. The summed E-state index contributed by atoms with van der Waals surface area (Å²) >= 11 is 1.53. The smallest absolute Gasteiger partial charge is 0.344 e. The lowest BCUT2D eigenvalue weighted by molar-refractivity contribution is 0.0963. The first-order valence-corrected chi connectivity index (χ1v) is 9.22. The monoisotopic (exact) mass is 355 g/mol. The maximum absolute atomic E-state index is 12.2. The van der Waals surface area contributed by atoms with Gasteiger partial charge in [-0.1, -0.05) is 20.8 Å². The molecule has 1 aromatic rings. The van der Waals surface area contributed by atoms with Crippen molar-refractivity contribution in [2.24, 2.45) is 4.99 Å². The van der Waals surface area contributed by atoms with Crippen molar-refractivity contribution in [2.45, 2.75) is 71.1 Å². The van der Waals surface area contributed by atoms with Gasteiger partial charge < -0.3 is 19.7 Å². The number of thiazole rings is 1. The van der Waals surface area contributed by atoms with Crippen LogP contribution in [0.1, 0.15) is 52.3 Å². The molecule has 0 aromatic carbocycles. The minimum absolute atomic E-state index is 0.00242. The minimum atomic E-state index is -0.690. The standard InChI is InChI=1S/C17H29N3O3S/c1-16(2,3)13-10-20(9-12-7-6-8-23-12)15(24-13)18-14(22)19-17(4,5)11-21/h10,12,21H,6-9,11H2,1-5H3,(H,19,22)/t12-/m1/s1. The first kappa shape index (κ1) is 19.1. The quantitative estimate of drug-likeness (QED) is 0.871. The Hall–Kier alpha value is -1.18. The molecule has 1 aliphatic rings. The number of carbonyl (C=O) groups excluding carboxylic acids is 1.